The molecule has 0 aliphatic carbocycles. The van der Waals surface area contributed by atoms with Crippen LogP contribution in [0.4, 0.5) is 5.13 Å². The third kappa shape index (κ3) is 4.83. The maximum Gasteiger partial charge on any atom is 0.185 e. The molecule has 1 aromatic heterocycles. The first-order valence-corrected chi connectivity index (χ1v) is 8.29. The van der Waals surface area contributed by atoms with E-state index in [1.165, 1.54) is 16.0 Å². The number of aryl methyl sites for hydroxylation is 1. The van der Waals surface area contributed by atoms with Gasteiger partial charge in [-0.3, -0.25) is 0 Å². The largest absolute Gasteiger partial charge is 0.347 e. The number of hydrogen-bond acceptors (Lipinski definition) is 4. The molecule has 1 aromatic carbocycles. The molecule has 0 fully saturated rings. The number of thiazole rings is 1. The quantitative estimate of drug-likeness (QED) is 0.842. The Labute approximate surface area is 132 Å². The molecule has 0 radical (unpaired) electrons. The van der Waals surface area contributed by atoms with Crippen molar-refractivity contribution in [1.82, 2.24) is 10.3 Å². The fourth-order valence-electron chi connectivity index (χ4n) is 2.15. The molecule has 0 spiro atoms. The first-order chi connectivity index (χ1) is 10.1. The highest BCUT2D eigenvalue weighted by atomic mass is 32.1. The average Bonchev–Trinajstić information content (AvgIpc) is 2.90. The summed E-state index contributed by atoms with van der Waals surface area (Å²) in [6, 6.07) is 8.52. The van der Waals surface area contributed by atoms with E-state index < -0.39 is 0 Å². The lowest BCUT2D eigenvalue weighted by molar-refractivity contribution is 0.554. The minimum atomic E-state index is 0.682. The number of nitrogens with zero attached hydrogens (tertiary/aromatic N) is 2. The van der Waals surface area contributed by atoms with Gasteiger partial charge in [-0.05, 0) is 30.5 Å². The van der Waals surface area contributed by atoms with Crippen molar-refractivity contribution >= 4 is 16.5 Å². The van der Waals surface area contributed by atoms with Gasteiger partial charge in [-0.1, -0.05) is 38.1 Å². The van der Waals surface area contributed by atoms with Gasteiger partial charge in [0.05, 0.1) is 0 Å². The zero-order valence-corrected chi connectivity index (χ0v) is 14.2. The van der Waals surface area contributed by atoms with Crippen LogP contribution in [0.5, 0.6) is 0 Å². The number of benzene rings is 1. The van der Waals surface area contributed by atoms with E-state index in [1.54, 1.807) is 11.3 Å². The molecule has 0 saturated carbocycles. The number of rotatable bonds is 7. The minimum absolute atomic E-state index is 0.682. The predicted molar refractivity (Wildman–Crippen MR) is 91.9 cm³/mol. The van der Waals surface area contributed by atoms with Gasteiger partial charge in [0, 0.05) is 31.2 Å². The topological polar surface area (TPSA) is 28.2 Å². The lowest BCUT2D eigenvalue weighted by Gasteiger charge is -2.17. The van der Waals surface area contributed by atoms with E-state index in [2.05, 4.69) is 67.3 Å². The molecule has 1 heterocycles. The van der Waals surface area contributed by atoms with Crippen molar-refractivity contribution in [3.63, 3.8) is 0 Å². The molecule has 1 N–H and O–H groups in total. The lowest BCUT2D eigenvalue weighted by atomic mass is 10.1. The number of anilines is 1. The average molecular weight is 303 g/mol. The molecule has 4 heteroatoms. The summed E-state index contributed by atoms with van der Waals surface area (Å²) in [4.78, 5) is 8.06. The SMILES string of the molecule is Cc1ccccc1CN(C)c1ncc(CNCC(C)C)s1. The molecule has 3 nitrogen and oxygen atoms in total. The van der Waals surface area contributed by atoms with Gasteiger partial charge in [0.25, 0.3) is 0 Å². The van der Waals surface area contributed by atoms with Gasteiger partial charge in [-0.15, -0.1) is 11.3 Å². The standard InChI is InChI=1S/C17H25N3S/c1-13(2)9-18-10-16-11-19-17(21-16)20(4)12-15-8-6-5-7-14(15)3/h5-8,11,13,18H,9-10,12H2,1-4H3. The molecule has 0 aliphatic rings. The molecule has 2 aromatic rings. The lowest BCUT2D eigenvalue weighted by Crippen LogP contribution is -2.18. The maximum atomic E-state index is 4.54. The maximum absolute atomic E-state index is 4.54. The van der Waals surface area contributed by atoms with E-state index in [1.807, 2.05) is 6.20 Å². The second-order valence-corrected chi connectivity index (χ2v) is 7.01. The van der Waals surface area contributed by atoms with Crippen molar-refractivity contribution in [2.45, 2.75) is 33.9 Å². The van der Waals surface area contributed by atoms with Crippen LogP contribution in [0.15, 0.2) is 30.5 Å². The second-order valence-electron chi connectivity index (χ2n) is 5.92. The van der Waals surface area contributed by atoms with Crippen LogP contribution in [0.2, 0.25) is 0 Å². The summed E-state index contributed by atoms with van der Waals surface area (Å²) in [6.07, 6.45) is 1.99. The molecule has 114 valence electrons. The van der Waals surface area contributed by atoms with Crippen LogP contribution < -0.4 is 10.2 Å². The van der Waals surface area contributed by atoms with Crippen LogP contribution in [0.25, 0.3) is 0 Å². The Hall–Kier alpha value is -1.39. The first-order valence-electron chi connectivity index (χ1n) is 7.47. The zero-order chi connectivity index (χ0) is 15.2. The van der Waals surface area contributed by atoms with Gasteiger partial charge in [-0.2, -0.15) is 0 Å². The van der Waals surface area contributed by atoms with Gasteiger partial charge in [-0.25, -0.2) is 4.98 Å². The summed E-state index contributed by atoms with van der Waals surface area (Å²) in [5, 5.41) is 4.55. The third-order valence-electron chi connectivity index (χ3n) is 3.39. The molecular formula is C17H25N3S. The fraction of sp³-hybridized carbons (Fsp3) is 0.471. The van der Waals surface area contributed by atoms with Crippen molar-refractivity contribution in [1.29, 1.82) is 0 Å². The highest BCUT2D eigenvalue weighted by Crippen LogP contribution is 2.23. The van der Waals surface area contributed by atoms with E-state index in [4.69, 9.17) is 0 Å². The predicted octanol–water partition coefficient (Wildman–Crippen LogP) is 3.83. The van der Waals surface area contributed by atoms with Crippen molar-refractivity contribution < 1.29 is 0 Å². The molecule has 0 unspecified atom stereocenters. The molecule has 0 aliphatic heterocycles. The molecule has 21 heavy (non-hydrogen) atoms. The zero-order valence-electron chi connectivity index (χ0n) is 13.4. The Bertz CT molecular complexity index is 563. The van der Waals surface area contributed by atoms with Crippen LogP contribution >= 0.6 is 11.3 Å². The molecular weight excluding hydrogens is 278 g/mol. The van der Waals surface area contributed by atoms with Crippen LogP contribution in [-0.2, 0) is 13.1 Å². The van der Waals surface area contributed by atoms with Crippen LogP contribution in [0.3, 0.4) is 0 Å². The van der Waals surface area contributed by atoms with E-state index in [9.17, 15) is 0 Å². The Morgan fingerprint density at radius 3 is 2.76 bits per heavy atom. The van der Waals surface area contributed by atoms with Crippen molar-refractivity contribution in [3.05, 3.63) is 46.5 Å². The van der Waals surface area contributed by atoms with E-state index in [0.717, 1.165) is 24.8 Å². The molecule has 0 bridgehead atoms. The Balaban J connectivity index is 1.93. The number of nitrogens with one attached hydrogen (secondary N) is 1. The van der Waals surface area contributed by atoms with Crippen LogP contribution in [-0.4, -0.2) is 18.6 Å². The highest BCUT2D eigenvalue weighted by Gasteiger charge is 2.09. The molecule has 0 saturated heterocycles. The molecule has 0 atom stereocenters. The monoisotopic (exact) mass is 303 g/mol. The van der Waals surface area contributed by atoms with E-state index in [0.29, 0.717) is 5.92 Å². The van der Waals surface area contributed by atoms with Gasteiger partial charge in [0.1, 0.15) is 0 Å². The molecule has 2 rings (SSSR count). The normalized spacial score (nSPS) is 11.1. The van der Waals surface area contributed by atoms with Crippen molar-refractivity contribution in [2.75, 3.05) is 18.5 Å². The summed E-state index contributed by atoms with van der Waals surface area (Å²) in [6.45, 7) is 9.47. The van der Waals surface area contributed by atoms with Crippen molar-refractivity contribution in [3.8, 4) is 0 Å². The summed E-state index contributed by atoms with van der Waals surface area (Å²) in [5.41, 5.74) is 2.69. The Morgan fingerprint density at radius 2 is 2.05 bits per heavy atom. The summed E-state index contributed by atoms with van der Waals surface area (Å²) in [5.74, 6) is 0.682. The van der Waals surface area contributed by atoms with Gasteiger partial charge < -0.3 is 10.2 Å². The van der Waals surface area contributed by atoms with Gasteiger partial charge in [0.2, 0.25) is 0 Å². The Kier molecular flexibility index (Phi) is 5.76. The second kappa shape index (κ2) is 7.57. The van der Waals surface area contributed by atoms with Gasteiger partial charge in [0.15, 0.2) is 5.13 Å². The van der Waals surface area contributed by atoms with Gasteiger partial charge >= 0.3 is 0 Å². The molecule has 0 amide bonds. The fourth-order valence-corrected chi connectivity index (χ4v) is 2.99. The van der Waals surface area contributed by atoms with Crippen molar-refractivity contribution in [2.24, 2.45) is 5.92 Å². The summed E-state index contributed by atoms with van der Waals surface area (Å²) in [7, 11) is 2.11. The van der Waals surface area contributed by atoms with Crippen LogP contribution in [0, 0.1) is 12.8 Å². The summed E-state index contributed by atoms with van der Waals surface area (Å²) >= 11 is 1.77. The van der Waals surface area contributed by atoms with Crippen LogP contribution in [0.1, 0.15) is 29.9 Å². The number of aromatic nitrogens is 1. The first kappa shape index (κ1) is 16.0. The Morgan fingerprint density at radius 1 is 1.29 bits per heavy atom. The third-order valence-corrected chi connectivity index (χ3v) is 4.50. The highest BCUT2D eigenvalue weighted by molar-refractivity contribution is 7.15. The number of hydrogen-bond donors (Lipinski definition) is 1. The summed E-state index contributed by atoms with van der Waals surface area (Å²) < 4.78 is 0. The smallest absolute Gasteiger partial charge is 0.185 e. The minimum Gasteiger partial charge on any atom is -0.347 e. The van der Waals surface area contributed by atoms with E-state index in [-0.39, 0.29) is 0 Å². The van der Waals surface area contributed by atoms with E-state index >= 15 is 0 Å².